The number of carbonyl (C=O) groups excluding carboxylic acids is 8. The number of aromatic amines is 1. The monoisotopic (exact) mass is 1080 g/mol. The number of aliphatic imine (C=N–C) groups is 2. The van der Waals surface area contributed by atoms with E-state index in [9.17, 15) is 53.4 Å². The molecule has 1 aromatic rings. The Kier molecular flexibility index (Phi) is 24.9. The quantitative estimate of drug-likeness (QED) is 0.0317. The van der Waals surface area contributed by atoms with Gasteiger partial charge < -0.3 is 91.3 Å². The Morgan fingerprint density at radius 3 is 1.69 bits per heavy atom. The van der Waals surface area contributed by atoms with Gasteiger partial charge in [-0.15, -0.1) is 0 Å². The van der Waals surface area contributed by atoms with Crippen molar-refractivity contribution in [1.82, 2.24) is 51.7 Å². The number of unbranched alkanes of at least 4 members (excludes halogenated alkanes) is 1. The van der Waals surface area contributed by atoms with Gasteiger partial charge in [-0.05, 0) is 77.2 Å². The molecule has 3 aliphatic heterocycles. The third-order valence-electron chi connectivity index (χ3n) is 12.3. The number of aliphatic carboxylic acids is 1. The summed E-state index contributed by atoms with van der Waals surface area (Å²) in [4.78, 5) is 143. The summed E-state index contributed by atoms with van der Waals surface area (Å²) in [6.45, 7) is -0.323. The van der Waals surface area contributed by atoms with Crippen molar-refractivity contribution in [2.45, 2.75) is 131 Å². The fraction of sp³-hybridized carbons (Fsp3) is 0.674. The van der Waals surface area contributed by atoms with Crippen LogP contribution in [0.25, 0.3) is 0 Å². The maximum Gasteiger partial charge on any atom is 0.327 e. The van der Waals surface area contributed by atoms with Crippen LogP contribution in [0.2, 0.25) is 0 Å². The van der Waals surface area contributed by atoms with Crippen LogP contribution in [0.5, 0.6) is 0 Å². The minimum absolute atomic E-state index is 0.0213. The second-order valence-corrected chi connectivity index (χ2v) is 20.5. The Balaban J connectivity index is 1.74. The zero-order valence-electron chi connectivity index (χ0n) is 41.1. The van der Waals surface area contributed by atoms with Crippen molar-refractivity contribution in [3.63, 3.8) is 0 Å². The number of hydrogen-bond donors (Lipinski definition) is 15. The van der Waals surface area contributed by atoms with E-state index < -0.39 is 114 Å². The summed E-state index contributed by atoms with van der Waals surface area (Å²) in [6.07, 6.45) is 4.99. The molecule has 9 atom stereocenters. The number of aliphatic hydroxyl groups is 1. The summed E-state index contributed by atoms with van der Waals surface area (Å²) in [5.74, 6) is -8.41. The molecule has 3 aliphatic rings. The highest BCUT2D eigenvalue weighted by Gasteiger charge is 2.45. The van der Waals surface area contributed by atoms with E-state index in [1.165, 1.54) is 22.3 Å². The lowest BCUT2D eigenvalue weighted by atomic mass is 10.0. The van der Waals surface area contributed by atoms with E-state index >= 15 is 0 Å². The Morgan fingerprint density at radius 1 is 0.649 bits per heavy atom. The lowest BCUT2D eigenvalue weighted by Gasteiger charge is -2.33. The largest absolute Gasteiger partial charge is 0.480 e. The molecule has 0 aliphatic carbocycles. The Morgan fingerprint density at radius 2 is 1.15 bits per heavy atom. The number of imidazole rings is 1. The first-order valence-corrected chi connectivity index (χ1v) is 26.9. The van der Waals surface area contributed by atoms with Gasteiger partial charge in [0.05, 0.1) is 19.0 Å². The number of rotatable bonds is 16. The number of H-pyrrole nitrogens is 1. The zero-order valence-corrected chi connectivity index (χ0v) is 42.7. The van der Waals surface area contributed by atoms with Gasteiger partial charge in [-0.3, -0.25) is 48.3 Å². The number of carboxylic acid groups (broad SMARTS) is 1. The fourth-order valence-electron chi connectivity index (χ4n) is 8.42. The van der Waals surface area contributed by atoms with Gasteiger partial charge in [-0.25, -0.2) is 9.78 Å². The Bertz CT molecular complexity index is 2150. The van der Waals surface area contributed by atoms with Crippen LogP contribution in [-0.2, 0) is 49.6 Å². The minimum Gasteiger partial charge on any atom is -0.480 e. The van der Waals surface area contributed by atoms with Crippen LogP contribution in [-0.4, -0.2) is 200 Å². The molecule has 0 radical (unpaired) electrons. The molecule has 4 rings (SSSR count). The van der Waals surface area contributed by atoms with E-state index in [1.54, 1.807) is 0 Å². The fourth-order valence-corrected chi connectivity index (χ4v) is 10.7. The van der Waals surface area contributed by atoms with Crippen molar-refractivity contribution >= 4 is 86.7 Å². The molecule has 8 amide bonds. The van der Waals surface area contributed by atoms with Gasteiger partial charge in [0.25, 0.3) is 0 Å². The number of carbonyl (C=O) groups is 9. The molecular formula is C43H72N18O11S2. The number of nitrogens with two attached hydrogens (primary N) is 6. The van der Waals surface area contributed by atoms with Gasteiger partial charge in [-0.1, -0.05) is 21.6 Å². The van der Waals surface area contributed by atoms with Crippen LogP contribution in [0.3, 0.4) is 0 Å². The second kappa shape index (κ2) is 30.7. The zero-order chi connectivity index (χ0) is 54.3. The summed E-state index contributed by atoms with van der Waals surface area (Å²) in [5.41, 5.74) is 34.3. The second-order valence-electron chi connectivity index (χ2n) is 17.9. The topological polar surface area (TPSA) is 482 Å². The molecule has 0 unspecified atom stereocenters. The van der Waals surface area contributed by atoms with Crippen molar-refractivity contribution in [2.24, 2.45) is 44.4 Å². The van der Waals surface area contributed by atoms with Crippen LogP contribution < -0.4 is 66.3 Å². The van der Waals surface area contributed by atoms with Crippen molar-refractivity contribution in [2.75, 3.05) is 50.8 Å². The van der Waals surface area contributed by atoms with Crippen molar-refractivity contribution in [1.29, 1.82) is 0 Å². The molecule has 1 aromatic heterocycles. The average molecular weight is 1080 g/mol. The summed E-state index contributed by atoms with van der Waals surface area (Å²) in [7, 11) is 1.96. The van der Waals surface area contributed by atoms with Crippen LogP contribution >= 0.6 is 21.6 Å². The van der Waals surface area contributed by atoms with Gasteiger partial charge >= 0.3 is 5.97 Å². The summed E-state index contributed by atoms with van der Waals surface area (Å²) in [6, 6.07) is -11.9. The number of aliphatic hydroxyl groups excluding tert-OH is 1. The Hall–Kier alpha value is -6.44. The van der Waals surface area contributed by atoms with Crippen LogP contribution in [0.4, 0.5) is 0 Å². The number of amides is 8. The number of nitrogens with one attached hydrogen (secondary N) is 7. The molecule has 3 saturated heterocycles. The van der Waals surface area contributed by atoms with E-state index in [0.29, 0.717) is 31.4 Å². The maximum atomic E-state index is 14.8. The van der Waals surface area contributed by atoms with Gasteiger partial charge in [0.15, 0.2) is 11.9 Å². The van der Waals surface area contributed by atoms with Crippen molar-refractivity contribution in [3.8, 4) is 0 Å². The number of hydrogen-bond acceptors (Lipinski definition) is 17. The molecule has 0 spiro atoms. The smallest absolute Gasteiger partial charge is 0.327 e. The van der Waals surface area contributed by atoms with Gasteiger partial charge in [0, 0.05) is 56.0 Å². The molecule has 74 heavy (non-hydrogen) atoms. The van der Waals surface area contributed by atoms with Crippen LogP contribution in [0.15, 0.2) is 22.5 Å². The number of aromatic nitrogens is 2. The molecule has 0 bridgehead atoms. The van der Waals surface area contributed by atoms with Gasteiger partial charge in [-0.2, -0.15) is 0 Å². The molecule has 29 nitrogen and oxygen atoms in total. The standard InChI is InChI=1S/C43H72N18O11S2/c44-12-2-1-7-25-36(66)59-30(41(71)72)21-74-73-20-24(45)33(63)58-29(19-62)37(67)55-26(8-3-13-51-42(46)47)34(64)54-27(9-4-14-52-43(48)49)35(65)57-28(17-23-18-50-22-53-23)39(69)61-16-6-11-32(61)40(70)60-15-5-10-31(60)38(68)56-25/h18,22,24-32,62H,1-17,19-21,44-45H2,(H,50,53)(H,54,64)(H,55,67)(H,56,68)(H,57,65)(H,58,63)(H,59,66)(H,71,72)(H4,46,47,51)(H4,48,49,52)/t24-,25-,26-,27-,28-,29-,30-,31-,32-/m0/s1. The van der Waals surface area contributed by atoms with E-state index in [-0.39, 0.29) is 108 Å². The highest BCUT2D eigenvalue weighted by atomic mass is 33.1. The van der Waals surface area contributed by atoms with E-state index in [2.05, 4.69) is 51.9 Å². The van der Waals surface area contributed by atoms with Gasteiger partial charge in [0.2, 0.25) is 47.3 Å². The number of fused-ring (bicyclic) bond motifs is 2. The van der Waals surface area contributed by atoms with E-state index in [1.807, 2.05) is 0 Å². The normalized spacial score (nSPS) is 26.6. The molecule has 412 valence electrons. The lowest BCUT2D eigenvalue weighted by molar-refractivity contribution is -0.148. The third kappa shape index (κ3) is 18.8. The van der Waals surface area contributed by atoms with Crippen LogP contribution in [0.1, 0.15) is 76.3 Å². The number of guanidine groups is 2. The van der Waals surface area contributed by atoms with E-state index in [4.69, 9.17) is 34.4 Å². The molecule has 3 fully saturated rings. The predicted octanol–water partition coefficient (Wildman–Crippen LogP) is -6.12. The first kappa shape index (κ1) is 60.1. The minimum atomic E-state index is -1.63. The number of carboxylic acids is 1. The molecular weight excluding hydrogens is 1010 g/mol. The molecule has 31 heteroatoms. The van der Waals surface area contributed by atoms with Crippen LogP contribution in [0, 0.1) is 0 Å². The average Bonchev–Trinajstić information content (AvgIpc) is 4.18. The Labute approximate surface area is 435 Å². The van der Waals surface area contributed by atoms with Crippen molar-refractivity contribution < 1.29 is 53.4 Å². The molecule has 0 aromatic carbocycles. The molecule has 4 heterocycles. The first-order valence-electron chi connectivity index (χ1n) is 24.4. The maximum absolute atomic E-state index is 14.8. The van der Waals surface area contributed by atoms with Crippen molar-refractivity contribution in [3.05, 3.63) is 18.2 Å². The molecule has 21 N–H and O–H groups in total. The third-order valence-corrected chi connectivity index (χ3v) is 14.8. The highest BCUT2D eigenvalue weighted by molar-refractivity contribution is 8.76. The molecule has 0 saturated carbocycles. The summed E-state index contributed by atoms with van der Waals surface area (Å²) < 4.78 is 0. The summed E-state index contributed by atoms with van der Waals surface area (Å²) >= 11 is 0. The SMILES string of the molecule is NCCCC[C@@H]1NC(=O)[C@@H]2CCCN2C(=O)[C@@H]2CCCN2C(=O)[C@H](Cc2cnc[nH]2)NC(=O)[C@H](CCCN=C(N)N)NC(=O)[C@H](CCCN=C(N)N)NC(=O)[C@H](CO)NC(=O)[C@@H](N)CSSC[C@@H](C(=O)O)NC1=O. The van der Waals surface area contributed by atoms with Gasteiger partial charge in [0.1, 0.15) is 48.3 Å². The number of nitrogens with zero attached hydrogens (tertiary/aromatic N) is 5. The lowest BCUT2D eigenvalue weighted by Crippen LogP contribution is -2.60. The van der Waals surface area contributed by atoms with E-state index in [0.717, 1.165) is 21.6 Å². The predicted molar refractivity (Wildman–Crippen MR) is 274 cm³/mol. The highest BCUT2D eigenvalue weighted by Crippen LogP contribution is 2.27. The summed E-state index contributed by atoms with van der Waals surface area (Å²) in [5, 5.41) is 35.8. The first-order chi connectivity index (χ1) is 35.3.